The van der Waals surface area contributed by atoms with E-state index in [9.17, 15) is 5.11 Å². The Labute approximate surface area is 127 Å². The highest BCUT2D eigenvalue weighted by molar-refractivity contribution is 5.46. The van der Waals surface area contributed by atoms with E-state index in [0.717, 1.165) is 36.4 Å². The first-order valence-electron chi connectivity index (χ1n) is 7.76. The van der Waals surface area contributed by atoms with Crippen LogP contribution in [0.15, 0.2) is 12.1 Å². The molecule has 2 N–H and O–H groups in total. The number of rotatable bonds is 7. The van der Waals surface area contributed by atoms with Gasteiger partial charge in [-0.2, -0.15) is 0 Å². The molecule has 4 heteroatoms. The lowest BCUT2D eigenvalue weighted by Gasteiger charge is -2.19. The van der Waals surface area contributed by atoms with Gasteiger partial charge in [0.1, 0.15) is 0 Å². The van der Waals surface area contributed by atoms with Crippen molar-refractivity contribution in [2.24, 2.45) is 5.92 Å². The second-order valence-corrected chi connectivity index (χ2v) is 5.88. The number of hydrogen-bond acceptors (Lipinski definition) is 4. The summed E-state index contributed by atoms with van der Waals surface area (Å²) in [5.41, 5.74) is 2.33. The Morgan fingerprint density at radius 3 is 2.43 bits per heavy atom. The van der Waals surface area contributed by atoms with E-state index >= 15 is 0 Å². The van der Waals surface area contributed by atoms with Crippen LogP contribution in [-0.2, 0) is 6.54 Å². The van der Waals surface area contributed by atoms with Crippen molar-refractivity contribution in [2.75, 3.05) is 20.8 Å². The van der Waals surface area contributed by atoms with Crippen LogP contribution < -0.4 is 14.8 Å². The highest BCUT2D eigenvalue weighted by atomic mass is 16.5. The molecule has 2 rings (SSSR count). The summed E-state index contributed by atoms with van der Waals surface area (Å²) < 4.78 is 10.6. The first kappa shape index (κ1) is 16.1. The van der Waals surface area contributed by atoms with Crippen molar-refractivity contribution in [1.29, 1.82) is 0 Å². The van der Waals surface area contributed by atoms with E-state index in [1.807, 2.05) is 12.1 Å². The Morgan fingerprint density at radius 2 is 1.81 bits per heavy atom. The van der Waals surface area contributed by atoms with E-state index in [2.05, 4.69) is 12.2 Å². The third-order valence-corrected chi connectivity index (χ3v) is 4.46. The summed E-state index contributed by atoms with van der Waals surface area (Å²) in [6.07, 6.45) is 4.62. The Kier molecular flexibility index (Phi) is 5.88. The Bertz CT molecular complexity index is 456. The quantitative estimate of drug-likeness (QED) is 0.811. The lowest BCUT2D eigenvalue weighted by Crippen LogP contribution is -2.31. The van der Waals surface area contributed by atoms with Gasteiger partial charge in [-0.05, 0) is 48.9 Å². The zero-order valence-electron chi connectivity index (χ0n) is 13.3. The first-order chi connectivity index (χ1) is 10.2. The molecule has 21 heavy (non-hydrogen) atoms. The van der Waals surface area contributed by atoms with Crippen molar-refractivity contribution in [3.63, 3.8) is 0 Å². The fourth-order valence-corrected chi connectivity index (χ4v) is 3.08. The van der Waals surface area contributed by atoms with Crippen molar-refractivity contribution >= 4 is 0 Å². The fraction of sp³-hybridized carbons (Fsp3) is 0.647. The molecule has 4 nitrogen and oxygen atoms in total. The monoisotopic (exact) mass is 293 g/mol. The van der Waals surface area contributed by atoms with Gasteiger partial charge in [0.25, 0.3) is 0 Å². The molecule has 0 aromatic heterocycles. The molecule has 0 amide bonds. The minimum absolute atomic E-state index is 0.229. The molecule has 1 unspecified atom stereocenters. The van der Waals surface area contributed by atoms with Gasteiger partial charge in [0, 0.05) is 13.1 Å². The third kappa shape index (κ3) is 4.11. The molecule has 1 saturated carbocycles. The number of ether oxygens (including phenoxy) is 2. The summed E-state index contributed by atoms with van der Waals surface area (Å²) in [5, 5.41) is 13.5. The maximum Gasteiger partial charge on any atom is 0.161 e. The number of methoxy groups -OCH3 is 2. The summed E-state index contributed by atoms with van der Waals surface area (Å²) in [5.74, 6) is 1.98. The van der Waals surface area contributed by atoms with Gasteiger partial charge >= 0.3 is 0 Å². The average Bonchev–Trinajstić information content (AvgIpc) is 3.02. The minimum atomic E-state index is -0.229. The predicted molar refractivity (Wildman–Crippen MR) is 84.0 cm³/mol. The number of benzene rings is 1. The van der Waals surface area contributed by atoms with Crippen LogP contribution in [-0.4, -0.2) is 32.0 Å². The fourth-order valence-electron chi connectivity index (χ4n) is 3.08. The van der Waals surface area contributed by atoms with Gasteiger partial charge in [-0.15, -0.1) is 0 Å². The van der Waals surface area contributed by atoms with E-state index < -0.39 is 0 Å². The summed E-state index contributed by atoms with van der Waals surface area (Å²) in [6.45, 7) is 3.45. The summed E-state index contributed by atoms with van der Waals surface area (Å²) in [6, 6.07) is 3.99. The Balaban J connectivity index is 1.90. The summed E-state index contributed by atoms with van der Waals surface area (Å²) in [7, 11) is 3.29. The molecule has 1 aliphatic rings. The molecule has 1 aliphatic carbocycles. The third-order valence-electron chi connectivity index (χ3n) is 4.46. The number of aryl methyl sites for hydroxylation is 1. The van der Waals surface area contributed by atoms with Crippen molar-refractivity contribution in [3.8, 4) is 11.5 Å². The van der Waals surface area contributed by atoms with E-state index in [1.54, 1.807) is 14.2 Å². The van der Waals surface area contributed by atoms with Crippen LogP contribution in [0.1, 0.15) is 36.8 Å². The molecule has 1 fully saturated rings. The van der Waals surface area contributed by atoms with Crippen molar-refractivity contribution in [2.45, 2.75) is 45.3 Å². The van der Waals surface area contributed by atoms with Crippen LogP contribution in [0, 0.1) is 12.8 Å². The maximum atomic E-state index is 10.2. The second kappa shape index (κ2) is 7.66. The number of hydrogen-bond donors (Lipinski definition) is 2. The Hall–Kier alpha value is -1.26. The minimum Gasteiger partial charge on any atom is -0.493 e. The zero-order chi connectivity index (χ0) is 15.2. The molecule has 1 atom stereocenters. The van der Waals surface area contributed by atoms with Crippen molar-refractivity contribution in [3.05, 3.63) is 23.3 Å². The van der Waals surface area contributed by atoms with E-state index in [4.69, 9.17) is 9.47 Å². The first-order valence-corrected chi connectivity index (χ1v) is 7.76. The molecule has 0 radical (unpaired) electrons. The van der Waals surface area contributed by atoms with Crippen LogP contribution in [0.4, 0.5) is 0 Å². The van der Waals surface area contributed by atoms with Crippen LogP contribution in [0.25, 0.3) is 0 Å². The average molecular weight is 293 g/mol. The van der Waals surface area contributed by atoms with Gasteiger partial charge in [-0.25, -0.2) is 0 Å². The van der Waals surface area contributed by atoms with Crippen molar-refractivity contribution in [1.82, 2.24) is 5.32 Å². The van der Waals surface area contributed by atoms with E-state index in [-0.39, 0.29) is 6.10 Å². The maximum absolute atomic E-state index is 10.2. The molecule has 1 aromatic rings. The molecule has 0 aliphatic heterocycles. The highest BCUT2D eigenvalue weighted by Gasteiger charge is 2.22. The van der Waals surface area contributed by atoms with Gasteiger partial charge in [0.15, 0.2) is 11.5 Å². The molecule has 1 aromatic carbocycles. The highest BCUT2D eigenvalue weighted by Crippen LogP contribution is 2.30. The van der Waals surface area contributed by atoms with Gasteiger partial charge in [0.05, 0.1) is 20.3 Å². The SMILES string of the molecule is COc1cc(C)c(CNCC(O)C2CCCC2)cc1OC. The molecular formula is C17H27NO3. The standard InChI is InChI=1S/C17H27NO3/c1-12-8-16(20-2)17(21-3)9-14(12)10-18-11-15(19)13-6-4-5-7-13/h8-9,13,15,18-19H,4-7,10-11H2,1-3H3. The summed E-state index contributed by atoms with van der Waals surface area (Å²) >= 11 is 0. The van der Waals surface area contributed by atoms with E-state index in [0.29, 0.717) is 12.5 Å². The molecule has 0 bridgehead atoms. The molecule has 0 heterocycles. The number of nitrogens with one attached hydrogen (secondary N) is 1. The van der Waals surface area contributed by atoms with Gasteiger partial charge in [0.2, 0.25) is 0 Å². The van der Waals surface area contributed by atoms with Gasteiger partial charge in [-0.3, -0.25) is 0 Å². The summed E-state index contributed by atoms with van der Waals surface area (Å²) in [4.78, 5) is 0. The smallest absolute Gasteiger partial charge is 0.161 e. The van der Waals surface area contributed by atoms with Crippen molar-refractivity contribution < 1.29 is 14.6 Å². The predicted octanol–water partition coefficient (Wildman–Crippen LogP) is 2.65. The lowest BCUT2D eigenvalue weighted by atomic mass is 10.0. The van der Waals surface area contributed by atoms with Crippen LogP contribution in [0.3, 0.4) is 0 Å². The van der Waals surface area contributed by atoms with Crippen LogP contribution in [0.5, 0.6) is 11.5 Å². The molecule has 0 saturated heterocycles. The Morgan fingerprint density at radius 1 is 1.19 bits per heavy atom. The number of aliphatic hydroxyl groups is 1. The molecular weight excluding hydrogens is 266 g/mol. The topological polar surface area (TPSA) is 50.7 Å². The largest absolute Gasteiger partial charge is 0.493 e. The van der Waals surface area contributed by atoms with Gasteiger partial charge < -0.3 is 19.9 Å². The second-order valence-electron chi connectivity index (χ2n) is 5.88. The van der Waals surface area contributed by atoms with Crippen LogP contribution in [0.2, 0.25) is 0 Å². The lowest BCUT2D eigenvalue weighted by molar-refractivity contribution is 0.109. The number of aliphatic hydroxyl groups excluding tert-OH is 1. The molecule has 0 spiro atoms. The van der Waals surface area contributed by atoms with E-state index in [1.165, 1.54) is 18.4 Å². The van der Waals surface area contributed by atoms with Crippen LogP contribution >= 0.6 is 0 Å². The normalized spacial score (nSPS) is 17.0. The molecule has 118 valence electrons. The zero-order valence-corrected chi connectivity index (χ0v) is 13.3. The van der Waals surface area contributed by atoms with Gasteiger partial charge in [-0.1, -0.05) is 12.8 Å².